The van der Waals surface area contributed by atoms with E-state index in [9.17, 15) is 23.2 Å². The number of nitrogens with zero attached hydrogens (tertiary/aromatic N) is 2. The number of fused-ring (bicyclic) bond motifs is 1. The lowest BCUT2D eigenvalue weighted by atomic mass is 10.2. The second kappa shape index (κ2) is 9.37. The van der Waals surface area contributed by atoms with E-state index < -0.39 is 23.8 Å². The monoisotopic (exact) mass is 435 g/mol. The van der Waals surface area contributed by atoms with Crippen LogP contribution in [0.4, 0.5) is 8.78 Å². The lowest BCUT2D eigenvalue weighted by molar-refractivity contribution is -0.0512. The van der Waals surface area contributed by atoms with Gasteiger partial charge < -0.3 is 14.2 Å². The van der Waals surface area contributed by atoms with Crippen LogP contribution < -0.4 is 20.7 Å². The standard InChI is InChI=1S/C20H19F2N3O6/c1-3-6-25-16-13(17(26)24-20(25)28)8-12(9-23-16)18(27)30-10-11-4-5-14(31-19(21)22)15(7-11)29-2/h4-5,7-9,19H,3,6,10H2,1-2H3,(H,24,26,28). The first-order chi connectivity index (χ1) is 14.8. The third-order valence-corrected chi connectivity index (χ3v) is 4.33. The molecule has 0 unspecified atom stereocenters. The van der Waals surface area contributed by atoms with Gasteiger partial charge in [-0.1, -0.05) is 13.0 Å². The normalized spacial score (nSPS) is 11.0. The van der Waals surface area contributed by atoms with Crippen molar-refractivity contribution in [2.75, 3.05) is 7.11 Å². The number of carbonyl (C=O) groups is 1. The number of esters is 1. The Hall–Kier alpha value is -3.76. The molecular formula is C20H19F2N3O6. The van der Waals surface area contributed by atoms with Crippen LogP contribution in [0.25, 0.3) is 11.0 Å². The molecule has 2 heterocycles. The van der Waals surface area contributed by atoms with E-state index in [2.05, 4.69) is 14.7 Å². The average molecular weight is 435 g/mol. The first-order valence-electron chi connectivity index (χ1n) is 9.25. The van der Waals surface area contributed by atoms with Gasteiger partial charge in [-0.15, -0.1) is 0 Å². The number of methoxy groups -OCH3 is 1. The van der Waals surface area contributed by atoms with Crippen molar-refractivity contribution in [3.05, 3.63) is 62.4 Å². The number of alkyl halides is 2. The molecule has 0 saturated carbocycles. The summed E-state index contributed by atoms with van der Waals surface area (Å²) in [6.45, 7) is -0.963. The molecule has 0 aliphatic heterocycles. The highest BCUT2D eigenvalue weighted by Crippen LogP contribution is 2.29. The smallest absolute Gasteiger partial charge is 0.387 e. The van der Waals surface area contributed by atoms with Gasteiger partial charge in [0.25, 0.3) is 5.56 Å². The van der Waals surface area contributed by atoms with E-state index in [0.29, 0.717) is 18.5 Å². The topological polar surface area (TPSA) is 113 Å². The molecule has 1 N–H and O–H groups in total. The van der Waals surface area contributed by atoms with Crippen LogP contribution in [-0.4, -0.2) is 34.2 Å². The zero-order chi connectivity index (χ0) is 22.5. The fraction of sp³-hybridized carbons (Fsp3) is 0.300. The summed E-state index contributed by atoms with van der Waals surface area (Å²) >= 11 is 0. The summed E-state index contributed by atoms with van der Waals surface area (Å²) in [7, 11) is 1.29. The largest absolute Gasteiger partial charge is 0.493 e. The van der Waals surface area contributed by atoms with Crippen LogP contribution in [0.3, 0.4) is 0 Å². The van der Waals surface area contributed by atoms with E-state index in [4.69, 9.17) is 9.47 Å². The highest BCUT2D eigenvalue weighted by molar-refractivity contribution is 5.92. The molecule has 31 heavy (non-hydrogen) atoms. The van der Waals surface area contributed by atoms with Crippen molar-refractivity contribution in [2.45, 2.75) is 33.1 Å². The van der Waals surface area contributed by atoms with E-state index in [1.165, 1.54) is 42.1 Å². The fourth-order valence-electron chi connectivity index (χ4n) is 2.94. The van der Waals surface area contributed by atoms with Gasteiger partial charge >= 0.3 is 18.3 Å². The Bertz CT molecular complexity index is 1220. The first kappa shape index (κ1) is 21.9. The zero-order valence-electron chi connectivity index (χ0n) is 16.7. The molecule has 0 aliphatic carbocycles. The summed E-state index contributed by atoms with van der Waals surface area (Å²) in [6, 6.07) is 5.42. The maximum atomic E-state index is 12.4. The maximum Gasteiger partial charge on any atom is 0.387 e. The third-order valence-electron chi connectivity index (χ3n) is 4.33. The molecule has 0 bridgehead atoms. The van der Waals surface area contributed by atoms with Gasteiger partial charge in [-0.2, -0.15) is 8.78 Å². The summed E-state index contributed by atoms with van der Waals surface area (Å²) in [6.07, 6.45) is 1.87. The van der Waals surface area contributed by atoms with Crippen LogP contribution in [0, 0.1) is 0 Å². The van der Waals surface area contributed by atoms with E-state index in [1.54, 1.807) is 0 Å². The average Bonchev–Trinajstić information content (AvgIpc) is 2.75. The van der Waals surface area contributed by atoms with Crippen molar-refractivity contribution in [2.24, 2.45) is 0 Å². The highest BCUT2D eigenvalue weighted by atomic mass is 19.3. The number of aromatic amines is 1. The van der Waals surface area contributed by atoms with Crippen LogP contribution >= 0.6 is 0 Å². The predicted molar refractivity (Wildman–Crippen MR) is 106 cm³/mol. The molecule has 0 fully saturated rings. The summed E-state index contributed by atoms with van der Waals surface area (Å²) < 4.78 is 40.7. The van der Waals surface area contributed by atoms with E-state index in [-0.39, 0.29) is 34.7 Å². The number of halogens is 2. The zero-order valence-corrected chi connectivity index (χ0v) is 16.7. The highest BCUT2D eigenvalue weighted by Gasteiger charge is 2.15. The number of H-pyrrole nitrogens is 1. The van der Waals surface area contributed by atoms with Gasteiger partial charge in [-0.25, -0.2) is 14.6 Å². The van der Waals surface area contributed by atoms with Crippen molar-refractivity contribution in [1.29, 1.82) is 0 Å². The Balaban J connectivity index is 1.81. The maximum absolute atomic E-state index is 12.4. The number of ether oxygens (including phenoxy) is 3. The Kier molecular flexibility index (Phi) is 6.63. The molecule has 0 atom stereocenters. The lowest BCUT2D eigenvalue weighted by Gasteiger charge is -2.12. The second-order valence-electron chi connectivity index (χ2n) is 6.45. The van der Waals surface area contributed by atoms with E-state index in [0.717, 1.165) is 0 Å². The van der Waals surface area contributed by atoms with Crippen LogP contribution in [0.2, 0.25) is 0 Å². The van der Waals surface area contributed by atoms with Gasteiger partial charge in [0.2, 0.25) is 0 Å². The molecule has 2 aromatic heterocycles. The SMILES string of the molecule is CCCn1c(=O)[nH]c(=O)c2cc(C(=O)OCc3ccc(OC(F)F)c(OC)c3)cnc21. The molecule has 1 aromatic carbocycles. The summed E-state index contributed by atoms with van der Waals surface area (Å²) in [4.78, 5) is 42.8. The van der Waals surface area contributed by atoms with Crippen LogP contribution in [0.5, 0.6) is 11.5 Å². The van der Waals surface area contributed by atoms with E-state index >= 15 is 0 Å². The van der Waals surface area contributed by atoms with Gasteiger partial charge in [0, 0.05) is 12.7 Å². The molecule has 0 radical (unpaired) electrons. The Morgan fingerprint density at radius 3 is 2.68 bits per heavy atom. The number of carbonyl (C=O) groups excluding carboxylic acids is 1. The Labute approximate surface area is 174 Å². The number of hydrogen-bond acceptors (Lipinski definition) is 7. The Morgan fingerprint density at radius 2 is 2.00 bits per heavy atom. The minimum Gasteiger partial charge on any atom is -0.493 e. The minimum atomic E-state index is -3.00. The van der Waals surface area contributed by atoms with Crippen molar-refractivity contribution in [3.8, 4) is 11.5 Å². The summed E-state index contributed by atoms with van der Waals surface area (Å²) in [5.74, 6) is -0.848. The number of aryl methyl sites for hydroxylation is 1. The number of rotatable bonds is 8. The van der Waals surface area contributed by atoms with Gasteiger partial charge in [0.15, 0.2) is 11.5 Å². The third kappa shape index (κ3) is 4.87. The summed E-state index contributed by atoms with van der Waals surface area (Å²) in [5.41, 5.74) is -0.574. The lowest BCUT2D eigenvalue weighted by Crippen LogP contribution is -2.31. The quantitative estimate of drug-likeness (QED) is 0.541. The fourth-order valence-corrected chi connectivity index (χ4v) is 2.94. The molecule has 9 nitrogen and oxygen atoms in total. The van der Waals surface area contributed by atoms with Gasteiger partial charge in [0.1, 0.15) is 12.3 Å². The van der Waals surface area contributed by atoms with Crippen molar-refractivity contribution in [1.82, 2.24) is 14.5 Å². The van der Waals surface area contributed by atoms with Gasteiger partial charge in [0.05, 0.1) is 18.1 Å². The molecule has 0 aliphatic rings. The van der Waals surface area contributed by atoms with Crippen LogP contribution in [0.15, 0.2) is 40.1 Å². The molecule has 0 saturated heterocycles. The van der Waals surface area contributed by atoms with E-state index in [1.807, 2.05) is 6.92 Å². The molecule has 0 amide bonds. The van der Waals surface area contributed by atoms with Crippen LogP contribution in [-0.2, 0) is 17.9 Å². The van der Waals surface area contributed by atoms with Crippen molar-refractivity contribution >= 4 is 17.0 Å². The number of nitrogens with one attached hydrogen (secondary N) is 1. The predicted octanol–water partition coefficient (Wildman–Crippen LogP) is 2.46. The Morgan fingerprint density at radius 1 is 1.23 bits per heavy atom. The summed E-state index contributed by atoms with van der Waals surface area (Å²) in [5, 5.41) is 0.0812. The molecule has 164 valence electrons. The van der Waals surface area contributed by atoms with Crippen LogP contribution in [0.1, 0.15) is 29.3 Å². The first-order valence-corrected chi connectivity index (χ1v) is 9.25. The molecule has 3 aromatic rings. The minimum absolute atomic E-state index is 0.0179. The number of aromatic nitrogens is 3. The molecule has 3 rings (SSSR count). The second-order valence-corrected chi connectivity index (χ2v) is 6.45. The van der Waals surface area contributed by atoms with Gasteiger partial charge in [-0.3, -0.25) is 14.3 Å². The molecule has 11 heteroatoms. The van der Waals surface area contributed by atoms with Gasteiger partial charge in [-0.05, 0) is 30.2 Å². The number of pyridine rings is 1. The number of benzene rings is 1. The number of hydrogen-bond donors (Lipinski definition) is 1. The molecule has 0 spiro atoms. The van der Waals surface area contributed by atoms with Crippen molar-refractivity contribution in [3.63, 3.8) is 0 Å². The molecular weight excluding hydrogens is 416 g/mol. The van der Waals surface area contributed by atoms with Crippen molar-refractivity contribution < 1.29 is 27.8 Å².